The molecule has 3 aromatic rings. The number of carbonyl (C=O) groups is 1. The zero-order valence-electron chi connectivity index (χ0n) is 21.4. The van der Waals surface area contributed by atoms with Crippen molar-refractivity contribution in [3.8, 4) is 5.75 Å². The molecular weight excluding hydrogens is 484 g/mol. The standard InChI is InChI=1S/C28H34N6O2S/c1-33-11-13-34(14-12-33)22-16-25(31-20-7-3-4-8-20)27(26(17-22)36-2)37-23-15-21(18-29-19-23)32-28(35)24-9-5-6-10-30-24/h5-6,9-10,15-20,31H,3-4,7-8,11-14H2,1-2H3,(H,32,35). The van der Waals surface area contributed by atoms with Gasteiger partial charge in [-0.2, -0.15) is 0 Å². The number of methoxy groups -OCH3 is 1. The van der Waals surface area contributed by atoms with E-state index in [0.29, 0.717) is 17.4 Å². The minimum atomic E-state index is -0.262. The lowest BCUT2D eigenvalue weighted by atomic mass is 10.2. The number of amides is 1. The van der Waals surface area contributed by atoms with E-state index in [1.54, 1.807) is 49.5 Å². The summed E-state index contributed by atoms with van der Waals surface area (Å²) < 4.78 is 5.93. The molecule has 1 amide bonds. The lowest BCUT2D eigenvalue weighted by Gasteiger charge is -2.35. The van der Waals surface area contributed by atoms with Crippen molar-refractivity contribution in [3.05, 3.63) is 60.7 Å². The fourth-order valence-corrected chi connectivity index (χ4v) is 5.85. The molecule has 1 aliphatic carbocycles. The molecule has 1 saturated carbocycles. The van der Waals surface area contributed by atoms with Gasteiger partial charge in [0.05, 0.1) is 29.6 Å². The summed E-state index contributed by atoms with van der Waals surface area (Å²) in [4.78, 5) is 27.9. The summed E-state index contributed by atoms with van der Waals surface area (Å²) in [6, 6.07) is 12.1. The zero-order valence-corrected chi connectivity index (χ0v) is 22.3. The van der Waals surface area contributed by atoms with E-state index in [1.807, 2.05) is 12.3 Å². The Morgan fingerprint density at radius 2 is 1.89 bits per heavy atom. The normalized spacial score (nSPS) is 16.5. The third-order valence-corrected chi connectivity index (χ3v) is 8.02. The maximum Gasteiger partial charge on any atom is 0.274 e. The second kappa shape index (κ2) is 11.8. The van der Waals surface area contributed by atoms with Crippen molar-refractivity contribution >= 4 is 34.7 Å². The van der Waals surface area contributed by atoms with Crippen molar-refractivity contribution in [2.75, 3.05) is 55.9 Å². The Morgan fingerprint density at radius 1 is 1.08 bits per heavy atom. The summed E-state index contributed by atoms with van der Waals surface area (Å²) in [5, 5.41) is 6.73. The van der Waals surface area contributed by atoms with E-state index in [1.165, 1.54) is 31.4 Å². The van der Waals surface area contributed by atoms with Crippen LogP contribution in [-0.4, -0.2) is 67.2 Å². The monoisotopic (exact) mass is 518 g/mol. The minimum absolute atomic E-state index is 0.262. The van der Waals surface area contributed by atoms with Gasteiger partial charge in [-0.1, -0.05) is 30.7 Å². The fourth-order valence-electron chi connectivity index (χ4n) is 4.84. The van der Waals surface area contributed by atoms with Crippen LogP contribution in [0.15, 0.2) is 64.8 Å². The van der Waals surface area contributed by atoms with Gasteiger partial charge in [-0.25, -0.2) is 0 Å². The van der Waals surface area contributed by atoms with Crippen LogP contribution in [-0.2, 0) is 0 Å². The number of nitrogens with one attached hydrogen (secondary N) is 2. The van der Waals surface area contributed by atoms with Gasteiger partial charge in [-0.15, -0.1) is 0 Å². The molecular formula is C28H34N6O2S. The second-order valence-corrected chi connectivity index (χ2v) is 10.7. The van der Waals surface area contributed by atoms with Gasteiger partial charge in [0.2, 0.25) is 0 Å². The van der Waals surface area contributed by atoms with Gasteiger partial charge >= 0.3 is 0 Å². The Bertz CT molecular complexity index is 1210. The number of hydrogen-bond acceptors (Lipinski definition) is 8. The minimum Gasteiger partial charge on any atom is -0.495 e. The maximum absolute atomic E-state index is 12.6. The number of likely N-dealkylation sites (N-methyl/N-ethyl adjacent to an activating group) is 1. The number of benzene rings is 1. The van der Waals surface area contributed by atoms with E-state index < -0.39 is 0 Å². The summed E-state index contributed by atoms with van der Waals surface area (Å²) in [5.74, 6) is 0.576. The van der Waals surface area contributed by atoms with E-state index in [9.17, 15) is 4.79 Å². The highest BCUT2D eigenvalue weighted by Crippen LogP contribution is 2.44. The summed E-state index contributed by atoms with van der Waals surface area (Å²) in [6.07, 6.45) is 9.96. The highest BCUT2D eigenvalue weighted by molar-refractivity contribution is 7.99. The van der Waals surface area contributed by atoms with Crippen molar-refractivity contribution in [3.63, 3.8) is 0 Å². The highest BCUT2D eigenvalue weighted by atomic mass is 32.2. The Morgan fingerprint density at radius 3 is 2.62 bits per heavy atom. The van der Waals surface area contributed by atoms with E-state index in [-0.39, 0.29) is 5.91 Å². The molecule has 1 aromatic carbocycles. The average Bonchev–Trinajstić information content (AvgIpc) is 3.44. The third-order valence-electron chi connectivity index (χ3n) is 6.93. The Kier molecular flexibility index (Phi) is 8.11. The molecule has 2 fully saturated rings. The number of rotatable bonds is 8. The van der Waals surface area contributed by atoms with Gasteiger partial charge in [-0.05, 0) is 44.2 Å². The van der Waals surface area contributed by atoms with E-state index in [4.69, 9.17) is 4.74 Å². The van der Waals surface area contributed by atoms with Crippen LogP contribution < -0.4 is 20.3 Å². The third kappa shape index (κ3) is 6.34. The molecule has 0 bridgehead atoms. The number of piperazine rings is 1. The maximum atomic E-state index is 12.6. The number of aromatic nitrogens is 2. The molecule has 194 valence electrons. The van der Waals surface area contributed by atoms with Crippen LogP contribution in [0.3, 0.4) is 0 Å². The van der Waals surface area contributed by atoms with Crippen molar-refractivity contribution in [2.24, 2.45) is 0 Å². The SMILES string of the molecule is COc1cc(N2CCN(C)CC2)cc(NC2CCCC2)c1Sc1cncc(NC(=O)c2ccccn2)c1. The molecule has 37 heavy (non-hydrogen) atoms. The molecule has 1 aliphatic heterocycles. The molecule has 9 heteroatoms. The molecule has 1 saturated heterocycles. The molecule has 0 unspecified atom stereocenters. The van der Waals surface area contributed by atoms with Crippen molar-refractivity contribution in [1.82, 2.24) is 14.9 Å². The summed E-state index contributed by atoms with van der Waals surface area (Å²) >= 11 is 1.60. The Balaban J connectivity index is 1.42. The van der Waals surface area contributed by atoms with E-state index in [2.05, 4.69) is 49.6 Å². The lowest BCUT2D eigenvalue weighted by molar-refractivity contribution is 0.102. The first-order chi connectivity index (χ1) is 18.1. The van der Waals surface area contributed by atoms with Crippen molar-refractivity contribution in [2.45, 2.75) is 41.5 Å². The van der Waals surface area contributed by atoms with Gasteiger partial charge in [0.1, 0.15) is 11.4 Å². The molecule has 2 N–H and O–H groups in total. The van der Waals surface area contributed by atoms with Gasteiger partial charge in [0, 0.05) is 61.3 Å². The topological polar surface area (TPSA) is 82.6 Å². The second-order valence-electron chi connectivity index (χ2n) is 9.62. The average molecular weight is 519 g/mol. The van der Waals surface area contributed by atoms with Gasteiger partial charge in [-0.3, -0.25) is 14.8 Å². The molecule has 5 rings (SSSR count). The summed E-state index contributed by atoms with van der Waals surface area (Å²) in [5.41, 5.74) is 3.26. The fraction of sp³-hybridized carbons (Fsp3) is 0.393. The van der Waals surface area contributed by atoms with Crippen LogP contribution in [0.4, 0.5) is 17.1 Å². The molecule has 2 aliphatic rings. The van der Waals surface area contributed by atoms with Gasteiger partial charge in [0.25, 0.3) is 5.91 Å². The molecule has 3 heterocycles. The molecule has 0 radical (unpaired) electrons. The van der Waals surface area contributed by atoms with Gasteiger partial charge in [0.15, 0.2) is 0 Å². The smallest absolute Gasteiger partial charge is 0.274 e. The lowest BCUT2D eigenvalue weighted by Crippen LogP contribution is -2.44. The predicted octanol–water partition coefficient (Wildman–Crippen LogP) is 5.00. The van der Waals surface area contributed by atoms with Crippen molar-refractivity contribution in [1.29, 1.82) is 0 Å². The number of nitrogens with zero attached hydrogens (tertiary/aromatic N) is 4. The van der Waals surface area contributed by atoms with Crippen LogP contribution in [0.1, 0.15) is 36.2 Å². The van der Waals surface area contributed by atoms with Crippen LogP contribution >= 0.6 is 11.8 Å². The van der Waals surface area contributed by atoms with Crippen LogP contribution in [0, 0.1) is 0 Å². The Labute approximate surface area is 222 Å². The summed E-state index contributed by atoms with van der Waals surface area (Å²) in [7, 11) is 3.90. The Hall–Kier alpha value is -3.30. The first-order valence-corrected chi connectivity index (χ1v) is 13.7. The van der Waals surface area contributed by atoms with Crippen molar-refractivity contribution < 1.29 is 9.53 Å². The number of pyridine rings is 2. The van der Waals surface area contributed by atoms with Crippen LogP contribution in [0.25, 0.3) is 0 Å². The molecule has 0 spiro atoms. The summed E-state index contributed by atoms with van der Waals surface area (Å²) in [6.45, 7) is 4.09. The van der Waals surface area contributed by atoms with Gasteiger partial charge < -0.3 is 25.2 Å². The van der Waals surface area contributed by atoms with Crippen LogP contribution in [0.2, 0.25) is 0 Å². The predicted molar refractivity (Wildman–Crippen MR) is 149 cm³/mol. The highest BCUT2D eigenvalue weighted by Gasteiger charge is 2.22. The van der Waals surface area contributed by atoms with Crippen LogP contribution in [0.5, 0.6) is 5.75 Å². The molecule has 8 nitrogen and oxygen atoms in total. The number of hydrogen-bond donors (Lipinski definition) is 2. The quantitative estimate of drug-likeness (QED) is 0.431. The molecule has 2 aromatic heterocycles. The first kappa shape index (κ1) is 25.4. The zero-order chi connectivity index (χ0) is 25.6. The number of ether oxygens (including phenoxy) is 1. The first-order valence-electron chi connectivity index (χ1n) is 12.9. The number of carbonyl (C=O) groups excluding carboxylic acids is 1. The largest absolute Gasteiger partial charge is 0.495 e. The van der Waals surface area contributed by atoms with E-state index >= 15 is 0 Å². The molecule has 0 atom stereocenters. The number of anilines is 3. The van der Waals surface area contributed by atoms with E-state index in [0.717, 1.165) is 47.4 Å².